The number of aryl methyl sites for hydroxylation is 1. The van der Waals surface area contributed by atoms with Crippen LogP contribution in [0.3, 0.4) is 0 Å². The van der Waals surface area contributed by atoms with Gasteiger partial charge in [0, 0.05) is 18.2 Å². The molecule has 2 amide bonds. The van der Waals surface area contributed by atoms with E-state index in [1.165, 1.54) is 17.2 Å². The number of carbonyl (C=O) groups is 2. The van der Waals surface area contributed by atoms with E-state index < -0.39 is 17.8 Å². The van der Waals surface area contributed by atoms with Crippen LogP contribution in [0.1, 0.15) is 59.0 Å². The van der Waals surface area contributed by atoms with E-state index in [-0.39, 0.29) is 29.8 Å². The molecular weight excluding hydrogens is 419 g/mol. The van der Waals surface area contributed by atoms with Crippen molar-refractivity contribution in [3.63, 3.8) is 0 Å². The number of hydrogen-bond acceptors (Lipinski definition) is 3. The Hall–Kier alpha value is -3.41. The lowest BCUT2D eigenvalue weighted by Crippen LogP contribution is -2.47. The third kappa shape index (κ3) is 5.51. The number of carbonyl (C=O) groups excluding carboxylic acids is 2. The fourth-order valence-corrected chi connectivity index (χ4v) is 4.50. The molecule has 1 aliphatic carbocycles. The maximum absolute atomic E-state index is 15.0. The molecule has 1 heterocycles. The van der Waals surface area contributed by atoms with Gasteiger partial charge in [-0.3, -0.25) is 9.59 Å². The van der Waals surface area contributed by atoms with Crippen LogP contribution in [0, 0.1) is 12.7 Å². The van der Waals surface area contributed by atoms with E-state index in [1.807, 2.05) is 31.2 Å². The van der Waals surface area contributed by atoms with Crippen LogP contribution in [0.25, 0.3) is 0 Å². The number of halogens is 1. The molecule has 0 aliphatic heterocycles. The molecule has 172 valence electrons. The van der Waals surface area contributed by atoms with E-state index >= 15 is 0 Å². The van der Waals surface area contributed by atoms with Gasteiger partial charge in [0.05, 0.1) is 6.26 Å². The van der Waals surface area contributed by atoms with Gasteiger partial charge in [-0.1, -0.05) is 60.9 Å². The van der Waals surface area contributed by atoms with Gasteiger partial charge in [-0.15, -0.1) is 0 Å². The molecule has 1 saturated carbocycles. The summed E-state index contributed by atoms with van der Waals surface area (Å²) in [5.74, 6) is -1.20. The van der Waals surface area contributed by atoms with Gasteiger partial charge in [0.2, 0.25) is 5.91 Å². The number of amides is 2. The smallest absolute Gasteiger partial charge is 0.290 e. The van der Waals surface area contributed by atoms with Crippen molar-refractivity contribution in [2.45, 2.75) is 51.1 Å². The molecule has 1 fully saturated rings. The summed E-state index contributed by atoms with van der Waals surface area (Å²) in [6.07, 6.45) is 5.84. The Morgan fingerprint density at radius 3 is 2.58 bits per heavy atom. The van der Waals surface area contributed by atoms with Crippen LogP contribution in [0.2, 0.25) is 0 Å². The highest BCUT2D eigenvalue weighted by atomic mass is 19.1. The van der Waals surface area contributed by atoms with Crippen LogP contribution in [0.15, 0.2) is 71.3 Å². The van der Waals surface area contributed by atoms with Crippen LogP contribution >= 0.6 is 0 Å². The molecule has 1 N–H and O–H groups in total. The zero-order valence-corrected chi connectivity index (χ0v) is 18.8. The minimum absolute atomic E-state index is 0.0455. The Labute approximate surface area is 193 Å². The lowest BCUT2D eigenvalue weighted by atomic mass is 10.0. The van der Waals surface area contributed by atoms with Crippen LogP contribution in [0.4, 0.5) is 4.39 Å². The summed E-state index contributed by atoms with van der Waals surface area (Å²) in [6.45, 7) is 2.24. The maximum Gasteiger partial charge on any atom is 0.290 e. The van der Waals surface area contributed by atoms with Crippen molar-refractivity contribution in [2.75, 3.05) is 6.54 Å². The van der Waals surface area contributed by atoms with Gasteiger partial charge in [-0.05, 0) is 49.9 Å². The second-order valence-corrected chi connectivity index (χ2v) is 8.63. The Kier molecular flexibility index (Phi) is 7.23. The van der Waals surface area contributed by atoms with Gasteiger partial charge >= 0.3 is 0 Å². The highest BCUT2D eigenvalue weighted by Gasteiger charge is 2.35. The maximum atomic E-state index is 15.0. The first-order valence-corrected chi connectivity index (χ1v) is 11.5. The minimum Gasteiger partial charge on any atom is -0.459 e. The predicted octanol–water partition coefficient (Wildman–Crippen LogP) is 5.21. The number of benzene rings is 2. The molecule has 0 unspecified atom stereocenters. The fraction of sp³-hybridized carbons (Fsp3) is 0.333. The van der Waals surface area contributed by atoms with E-state index in [1.54, 1.807) is 30.3 Å². The second-order valence-electron chi connectivity index (χ2n) is 8.63. The van der Waals surface area contributed by atoms with Crippen molar-refractivity contribution in [1.29, 1.82) is 0 Å². The van der Waals surface area contributed by atoms with Crippen molar-refractivity contribution < 1.29 is 18.4 Å². The van der Waals surface area contributed by atoms with Crippen LogP contribution in [0.5, 0.6) is 0 Å². The average Bonchev–Trinajstić information content (AvgIpc) is 3.51. The second kappa shape index (κ2) is 10.5. The molecule has 6 heteroatoms. The van der Waals surface area contributed by atoms with Crippen molar-refractivity contribution in [3.05, 3.63) is 95.2 Å². The molecule has 0 radical (unpaired) electrons. The molecule has 2 aromatic carbocycles. The standard InChI is InChI=1S/C27H29FN2O3/c1-19-8-6-9-20(18-19)15-16-30(27(32)24-14-7-17-33-24)25(22-12-4-5-13-23(22)28)26(31)29-21-10-2-3-11-21/h4-9,12-14,17-18,21,25H,2-3,10-11,15-16H2,1H3,(H,29,31)/t25-/m1/s1. The number of furan rings is 1. The number of nitrogens with one attached hydrogen (secondary N) is 1. The molecule has 1 aliphatic rings. The number of hydrogen-bond donors (Lipinski definition) is 1. The van der Waals surface area contributed by atoms with Gasteiger partial charge in [0.15, 0.2) is 5.76 Å². The normalized spacial score (nSPS) is 14.7. The van der Waals surface area contributed by atoms with E-state index in [0.29, 0.717) is 6.42 Å². The summed E-state index contributed by atoms with van der Waals surface area (Å²) in [5, 5.41) is 3.06. The van der Waals surface area contributed by atoms with Gasteiger partial charge in [0.1, 0.15) is 11.9 Å². The fourth-order valence-electron chi connectivity index (χ4n) is 4.50. The molecule has 3 aromatic rings. The van der Waals surface area contributed by atoms with Gasteiger partial charge in [0.25, 0.3) is 5.91 Å². The van der Waals surface area contributed by atoms with Gasteiger partial charge < -0.3 is 14.6 Å². The van der Waals surface area contributed by atoms with E-state index in [2.05, 4.69) is 5.32 Å². The summed E-state index contributed by atoms with van der Waals surface area (Å²) in [6, 6.07) is 16.3. The van der Waals surface area contributed by atoms with E-state index in [4.69, 9.17) is 4.42 Å². The average molecular weight is 449 g/mol. The summed E-state index contributed by atoms with van der Waals surface area (Å²) >= 11 is 0. The first kappa shape index (κ1) is 22.8. The zero-order chi connectivity index (χ0) is 23.2. The SMILES string of the molecule is Cc1cccc(CCN(C(=O)c2ccco2)[C@@H](C(=O)NC2CCCC2)c2ccccc2F)c1. The van der Waals surface area contributed by atoms with Crippen LogP contribution in [-0.4, -0.2) is 29.3 Å². The monoisotopic (exact) mass is 448 g/mol. The Bertz CT molecular complexity index is 1090. The molecule has 0 bridgehead atoms. The van der Waals surface area contributed by atoms with Gasteiger partial charge in [-0.25, -0.2) is 4.39 Å². The quantitative estimate of drug-likeness (QED) is 0.514. The van der Waals surface area contributed by atoms with Crippen molar-refractivity contribution in [1.82, 2.24) is 10.2 Å². The van der Waals surface area contributed by atoms with E-state index in [9.17, 15) is 14.0 Å². The molecule has 1 aromatic heterocycles. The summed E-state index contributed by atoms with van der Waals surface area (Å²) in [5.41, 5.74) is 2.33. The molecule has 1 atom stereocenters. The predicted molar refractivity (Wildman–Crippen MR) is 124 cm³/mol. The first-order chi connectivity index (χ1) is 16.0. The Morgan fingerprint density at radius 1 is 1.09 bits per heavy atom. The largest absolute Gasteiger partial charge is 0.459 e. The first-order valence-electron chi connectivity index (χ1n) is 11.5. The van der Waals surface area contributed by atoms with E-state index in [0.717, 1.165) is 36.8 Å². The molecule has 33 heavy (non-hydrogen) atoms. The molecule has 0 saturated heterocycles. The number of rotatable bonds is 8. The number of nitrogens with zero attached hydrogens (tertiary/aromatic N) is 1. The van der Waals surface area contributed by atoms with Crippen molar-refractivity contribution in [3.8, 4) is 0 Å². The third-order valence-corrected chi connectivity index (χ3v) is 6.18. The topological polar surface area (TPSA) is 62.6 Å². The van der Waals surface area contributed by atoms with Crippen molar-refractivity contribution in [2.24, 2.45) is 0 Å². The third-order valence-electron chi connectivity index (χ3n) is 6.18. The summed E-state index contributed by atoms with van der Waals surface area (Å²) in [7, 11) is 0. The Morgan fingerprint density at radius 2 is 1.88 bits per heavy atom. The summed E-state index contributed by atoms with van der Waals surface area (Å²) in [4.78, 5) is 28.5. The van der Waals surface area contributed by atoms with Gasteiger partial charge in [-0.2, -0.15) is 0 Å². The molecular formula is C27H29FN2O3. The molecule has 4 rings (SSSR count). The van der Waals surface area contributed by atoms with Crippen LogP contribution < -0.4 is 5.32 Å². The lowest BCUT2D eigenvalue weighted by Gasteiger charge is -2.32. The highest BCUT2D eigenvalue weighted by Crippen LogP contribution is 2.28. The minimum atomic E-state index is -1.10. The van der Waals surface area contributed by atoms with Crippen molar-refractivity contribution >= 4 is 11.8 Å². The van der Waals surface area contributed by atoms with Crippen LogP contribution in [-0.2, 0) is 11.2 Å². The summed E-state index contributed by atoms with van der Waals surface area (Å²) < 4.78 is 20.3. The Balaban J connectivity index is 1.69. The lowest BCUT2D eigenvalue weighted by molar-refractivity contribution is -0.126. The zero-order valence-electron chi connectivity index (χ0n) is 18.8. The molecule has 0 spiro atoms. The molecule has 5 nitrogen and oxygen atoms in total. The highest BCUT2D eigenvalue weighted by molar-refractivity contribution is 5.96.